The van der Waals surface area contributed by atoms with Gasteiger partial charge < -0.3 is 37.4 Å². The molecule has 2 aromatic heterocycles. The maximum absolute atomic E-state index is 13.4. The van der Waals surface area contributed by atoms with Gasteiger partial charge in [-0.3, -0.25) is 19.2 Å². The number of fused-ring (bicyclic) bond motifs is 2. The van der Waals surface area contributed by atoms with Crippen LogP contribution in [0.25, 0.3) is 44.6 Å². The summed E-state index contributed by atoms with van der Waals surface area (Å²) in [5.74, 6) is -1.30. The summed E-state index contributed by atoms with van der Waals surface area (Å²) < 4.78 is 5.05. The van der Waals surface area contributed by atoms with Crippen LogP contribution < -0.4 is 51.7 Å². The predicted octanol–water partition coefficient (Wildman–Crippen LogP) is 4.58. The summed E-state index contributed by atoms with van der Waals surface area (Å²) in [6, 6.07) is 43.8. The summed E-state index contributed by atoms with van der Waals surface area (Å²) in [4.78, 5) is 68.1. The number of rotatable bonds is 13. The molecule has 16 heteroatoms. The molecule has 0 bridgehead atoms. The minimum atomic E-state index is -0.976. The average molecular weight is 893 g/mol. The number of aliphatic carboxylic acids is 1. The van der Waals surface area contributed by atoms with Crippen LogP contribution in [0.5, 0.6) is 0 Å². The second-order valence-electron chi connectivity index (χ2n) is 14.4. The number of benzene rings is 6. The number of carboxylic acid groups (broad SMARTS) is 1. The van der Waals surface area contributed by atoms with E-state index in [1.54, 1.807) is 55.5 Å². The Kier molecular flexibility index (Phi) is 17.8. The van der Waals surface area contributed by atoms with Crippen molar-refractivity contribution < 1.29 is 64.1 Å². The van der Waals surface area contributed by atoms with E-state index < -0.39 is 11.9 Å². The van der Waals surface area contributed by atoms with E-state index in [1.807, 2.05) is 97.1 Å². The van der Waals surface area contributed by atoms with Gasteiger partial charge in [0.05, 0.1) is 30.5 Å². The molecule has 6 aromatic carbocycles. The van der Waals surface area contributed by atoms with E-state index in [0.717, 1.165) is 22.3 Å². The van der Waals surface area contributed by atoms with Crippen molar-refractivity contribution in [3.63, 3.8) is 0 Å². The summed E-state index contributed by atoms with van der Waals surface area (Å²) >= 11 is 0. The van der Waals surface area contributed by atoms with Crippen molar-refractivity contribution in [3.05, 3.63) is 179 Å². The Morgan fingerprint density at radius 2 is 0.985 bits per heavy atom. The van der Waals surface area contributed by atoms with Crippen LogP contribution in [-0.4, -0.2) is 60.9 Å². The van der Waals surface area contributed by atoms with Crippen molar-refractivity contribution in [3.8, 4) is 22.8 Å². The largest absolute Gasteiger partial charge is 1.00 e. The van der Waals surface area contributed by atoms with Crippen molar-refractivity contribution in [1.82, 2.24) is 19.9 Å². The SMILES string of the molecule is CCOC(=O)Cc1ccccc1NC(=O)c1nc(-c2cccc(CN)c2)nc2ccccc12.NCc1cccc(-c2nc(C(=O)Nc3ccccc3CC(=O)O)c3ccccc3n2)c1.[Na+].[OH-]. The number of carbonyl (C=O) groups excluding carboxylic acids is 3. The van der Waals surface area contributed by atoms with E-state index in [4.69, 9.17) is 21.3 Å². The molecule has 0 unspecified atom stereocenters. The van der Waals surface area contributed by atoms with Crippen LogP contribution in [0.1, 0.15) is 50.2 Å². The summed E-state index contributed by atoms with van der Waals surface area (Å²) in [6.07, 6.45) is -0.135. The maximum Gasteiger partial charge on any atom is 1.00 e. The van der Waals surface area contributed by atoms with Crippen LogP contribution in [0.4, 0.5) is 11.4 Å². The minimum absolute atomic E-state index is 0. The van der Waals surface area contributed by atoms with E-state index in [1.165, 1.54) is 0 Å². The summed E-state index contributed by atoms with van der Waals surface area (Å²) in [6.45, 7) is 2.84. The molecule has 8 aromatic rings. The van der Waals surface area contributed by atoms with E-state index in [-0.39, 0.29) is 71.1 Å². The van der Waals surface area contributed by atoms with E-state index in [2.05, 4.69) is 30.6 Å². The van der Waals surface area contributed by atoms with Crippen LogP contribution in [0.15, 0.2) is 146 Å². The van der Waals surface area contributed by atoms with E-state index in [0.29, 0.717) is 75.7 Å². The van der Waals surface area contributed by atoms with Gasteiger partial charge in [0.1, 0.15) is 11.4 Å². The Hall–Kier alpha value is -7.24. The summed E-state index contributed by atoms with van der Waals surface area (Å²) in [7, 11) is 0. The molecule has 0 radical (unpaired) electrons. The quantitative estimate of drug-likeness (QED) is 0.0786. The molecule has 2 amide bonds. The number of esters is 1. The zero-order valence-corrected chi connectivity index (χ0v) is 38.3. The molecular formula is C50H45N8NaO7. The van der Waals surface area contributed by atoms with E-state index >= 15 is 0 Å². The van der Waals surface area contributed by atoms with Crippen molar-refractivity contribution in [2.45, 2.75) is 32.9 Å². The third-order valence-corrected chi connectivity index (χ3v) is 9.99. The van der Waals surface area contributed by atoms with Gasteiger partial charge in [0.25, 0.3) is 11.8 Å². The molecule has 8 rings (SSSR count). The number of nitrogens with zero attached hydrogens (tertiary/aromatic N) is 4. The van der Waals surface area contributed by atoms with E-state index in [9.17, 15) is 19.2 Å². The van der Waals surface area contributed by atoms with Gasteiger partial charge in [-0.2, -0.15) is 0 Å². The Morgan fingerprint density at radius 1 is 0.561 bits per heavy atom. The number of carbonyl (C=O) groups is 4. The number of nitrogens with two attached hydrogens (primary N) is 2. The number of anilines is 2. The number of aromatic nitrogens is 4. The number of amides is 2. The number of ether oxygens (including phenoxy) is 1. The fourth-order valence-electron chi connectivity index (χ4n) is 6.92. The standard InChI is InChI=1S/C26H24N4O3.C24H20N4O3.Na.H2O/c1-2-33-23(31)15-18-9-3-5-12-21(18)29-26(32)24-20-11-4-6-13-22(20)28-25(30-24)19-10-7-8-17(14-19)16-27;25-14-15-6-5-8-17(12-15)23-26-20-11-4-2-9-18(20)22(28-23)24(31)27-19-10-3-1-7-16(19)13-21(29)30;;/h3-14H,2,15-16,27H2,1H3,(H,29,32);1-12H,13-14,25H2,(H,27,31)(H,29,30);;1H2/q;;+1;/p-1. The topological polar surface area (TPSA) is 255 Å². The number of hydrogen-bond acceptors (Lipinski definition) is 12. The summed E-state index contributed by atoms with van der Waals surface area (Å²) in [5, 5.41) is 16.1. The van der Waals surface area contributed by atoms with Crippen molar-refractivity contribution in [1.29, 1.82) is 0 Å². The molecule has 0 saturated heterocycles. The zero-order valence-electron chi connectivity index (χ0n) is 36.3. The van der Waals surface area contributed by atoms with Gasteiger partial charge in [0.15, 0.2) is 11.6 Å². The second kappa shape index (κ2) is 23.6. The normalized spacial score (nSPS) is 10.4. The first-order chi connectivity index (χ1) is 31.1. The molecule has 0 aliphatic rings. The molecule has 0 atom stereocenters. The summed E-state index contributed by atoms with van der Waals surface area (Å²) in [5.41, 5.74) is 18.8. The average Bonchev–Trinajstić information content (AvgIpc) is 3.32. The fourth-order valence-corrected chi connectivity index (χ4v) is 6.92. The second-order valence-corrected chi connectivity index (χ2v) is 14.4. The molecule has 8 N–H and O–H groups in total. The van der Waals surface area contributed by atoms with Gasteiger partial charge in [0.2, 0.25) is 0 Å². The number of hydrogen-bond donors (Lipinski definition) is 5. The smallest absolute Gasteiger partial charge is 0.870 e. The Morgan fingerprint density at radius 3 is 1.42 bits per heavy atom. The Labute approximate surface area is 402 Å². The van der Waals surface area contributed by atoms with Gasteiger partial charge >= 0.3 is 41.5 Å². The fraction of sp³-hybridized carbons (Fsp3) is 0.120. The molecular weight excluding hydrogens is 848 g/mol. The molecule has 0 spiro atoms. The first kappa shape index (κ1) is 49.8. The molecule has 0 aliphatic carbocycles. The van der Waals surface area contributed by atoms with Gasteiger partial charge in [-0.05, 0) is 65.6 Å². The first-order valence-electron chi connectivity index (χ1n) is 20.4. The van der Waals surface area contributed by atoms with Crippen LogP contribution in [0.3, 0.4) is 0 Å². The minimum Gasteiger partial charge on any atom is -0.870 e. The molecule has 2 heterocycles. The molecule has 15 nitrogen and oxygen atoms in total. The number of carboxylic acids is 1. The molecule has 0 fully saturated rings. The van der Waals surface area contributed by atoms with Crippen LogP contribution >= 0.6 is 0 Å². The maximum atomic E-state index is 13.4. The Bertz CT molecular complexity index is 3020. The molecule has 328 valence electrons. The van der Waals surface area contributed by atoms with Crippen molar-refractivity contribution in [2.75, 3.05) is 17.2 Å². The van der Waals surface area contributed by atoms with Crippen molar-refractivity contribution >= 4 is 56.9 Å². The van der Waals surface area contributed by atoms with Gasteiger partial charge in [-0.15, -0.1) is 0 Å². The number of nitrogens with one attached hydrogen (secondary N) is 2. The van der Waals surface area contributed by atoms with Gasteiger partial charge in [-0.25, -0.2) is 19.9 Å². The third-order valence-electron chi connectivity index (χ3n) is 9.99. The Balaban J connectivity index is 0.000000241. The van der Waals surface area contributed by atoms with Crippen LogP contribution in [0, 0.1) is 0 Å². The monoisotopic (exact) mass is 892 g/mol. The molecule has 0 saturated carbocycles. The molecule has 0 aliphatic heterocycles. The first-order valence-corrected chi connectivity index (χ1v) is 20.4. The van der Waals surface area contributed by atoms with Crippen LogP contribution in [-0.2, 0) is 40.3 Å². The van der Waals surface area contributed by atoms with Gasteiger partial charge in [-0.1, -0.05) is 109 Å². The predicted molar refractivity (Wildman–Crippen MR) is 248 cm³/mol. The van der Waals surface area contributed by atoms with Gasteiger partial charge in [0, 0.05) is 46.4 Å². The molecule has 66 heavy (non-hydrogen) atoms. The number of para-hydroxylation sites is 4. The zero-order chi connectivity index (χ0) is 45.0. The van der Waals surface area contributed by atoms with Crippen molar-refractivity contribution in [2.24, 2.45) is 11.5 Å². The third kappa shape index (κ3) is 12.3. The van der Waals surface area contributed by atoms with Crippen LogP contribution in [0.2, 0.25) is 0 Å².